The standard InChI is InChI=1S/C12H15ClO3/c1-8(7-14)4-9-5-10(13)12(16-3)11(6-9)15-2/h4-6,14H,7H2,1-3H3. The fourth-order valence-corrected chi connectivity index (χ4v) is 1.65. The van der Waals surface area contributed by atoms with Gasteiger partial charge in [0.15, 0.2) is 11.5 Å². The minimum absolute atomic E-state index is 0.0198. The van der Waals surface area contributed by atoms with Crippen molar-refractivity contribution in [1.82, 2.24) is 0 Å². The first-order valence-electron chi connectivity index (χ1n) is 4.82. The summed E-state index contributed by atoms with van der Waals surface area (Å²) in [5.74, 6) is 1.09. The van der Waals surface area contributed by atoms with Gasteiger partial charge in [-0.1, -0.05) is 17.7 Å². The van der Waals surface area contributed by atoms with Gasteiger partial charge >= 0.3 is 0 Å². The highest BCUT2D eigenvalue weighted by atomic mass is 35.5. The van der Waals surface area contributed by atoms with Crippen LogP contribution in [0.3, 0.4) is 0 Å². The van der Waals surface area contributed by atoms with Crippen molar-refractivity contribution in [1.29, 1.82) is 0 Å². The molecule has 0 spiro atoms. The average molecular weight is 243 g/mol. The Balaban J connectivity index is 3.20. The number of benzene rings is 1. The number of halogens is 1. The molecule has 1 rings (SSSR count). The van der Waals surface area contributed by atoms with Crippen molar-refractivity contribution in [3.05, 3.63) is 28.3 Å². The van der Waals surface area contributed by atoms with Crippen LogP contribution in [-0.4, -0.2) is 25.9 Å². The van der Waals surface area contributed by atoms with Gasteiger partial charge in [-0.05, 0) is 30.2 Å². The molecule has 4 heteroatoms. The van der Waals surface area contributed by atoms with Crippen LogP contribution >= 0.6 is 11.6 Å². The number of aliphatic hydroxyl groups is 1. The van der Waals surface area contributed by atoms with Gasteiger partial charge < -0.3 is 14.6 Å². The smallest absolute Gasteiger partial charge is 0.179 e. The van der Waals surface area contributed by atoms with Gasteiger partial charge in [-0.2, -0.15) is 0 Å². The van der Waals surface area contributed by atoms with E-state index >= 15 is 0 Å². The number of rotatable bonds is 4. The Morgan fingerprint density at radius 1 is 1.38 bits per heavy atom. The van der Waals surface area contributed by atoms with Crippen LogP contribution in [0, 0.1) is 0 Å². The van der Waals surface area contributed by atoms with E-state index in [-0.39, 0.29) is 6.61 Å². The van der Waals surface area contributed by atoms with Crippen molar-refractivity contribution in [3.63, 3.8) is 0 Å². The van der Waals surface area contributed by atoms with Crippen LogP contribution < -0.4 is 9.47 Å². The summed E-state index contributed by atoms with van der Waals surface area (Å²) in [7, 11) is 3.10. The summed E-state index contributed by atoms with van der Waals surface area (Å²) in [6.45, 7) is 1.86. The van der Waals surface area contributed by atoms with Crippen LogP contribution in [0.25, 0.3) is 6.08 Å². The van der Waals surface area contributed by atoms with Crippen molar-refractivity contribution in [2.45, 2.75) is 6.92 Å². The molecule has 16 heavy (non-hydrogen) atoms. The van der Waals surface area contributed by atoms with Crippen LogP contribution in [0.15, 0.2) is 17.7 Å². The van der Waals surface area contributed by atoms with E-state index in [9.17, 15) is 0 Å². The fraction of sp³-hybridized carbons (Fsp3) is 0.333. The van der Waals surface area contributed by atoms with E-state index < -0.39 is 0 Å². The molecule has 0 amide bonds. The molecule has 0 fully saturated rings. The lowest BCUT2D eigenvalue weighted by atomic mass is 10.1. The zero-order valence-electron chi connectivity index (χ0n) is 9.58. The molecule has 0 radical (unpaired) electrons. The van der Waals surface area contributed by atoms with E-state index in [1.165, 1.54) is 7.11 Å². The summed E-state index contributed by atoms with van der Waals surface area (Å²) in [5.41, 5.74) is 1.72. The molecule has 1 aromatic rings. The second-order valence-electron chi connectivity index (χ2n) is 3.39. The number of hydrogen-bond donors (Lipinski definition) is 1. The summed E-state index contributed by atoms with van der Waals surface area (Å²) in [6, 6.07) is 3.58. The highest BCUT2D eigenvalue weighted by Gasteiger charge is 2.09. The van der Waals surface area contributed by atoms with E-state index in [4.69, 9.17) is 26.2 Å². The second kappa shape index (κ2) is 5.77. The predicted octanol–water partition coefficient (Wildman–Crippen LogP) is 2.75. The lowest BCUT2D eigenvalue weighted by Gasteiger charge is -2.10. The summed E-state index contributed by atoms with van der Waals surface area (Å²) >= 11 is 6.04. The van der Waals surface area contributed by atoms with Gasteiger partial charge in [-0.3, -0.25) is 0 Å². The normalized spacial score (nSPS) is 11.4. The van der Waals surface area contributed by atoms with Gasteiger partial charge in [0.1, 0.15) is 0 Å². The molecule has 1 aromatic carbocycles. The maximum atomic E-state index is 8.94. The molecule has 0 aliphatic carbocycles. The molecule has 0 saturated carbocycles. The van der Waals surface area contributed by atoms with Gasteiger partial charge in [-0.15, -0.1) is 0 Å². The molecular formula is C12H15ClO3. The highest BCUT2D eigenvalue weighted by Crippen LogP contribution is 2.36. The molecule has 88 valence electrons. The maximum absolute atomic E-state index is 8.94. The lowest BCUT2D eigenvalue weighted by Crippen LogP contribution is -1.92. The molecular weight excluding hydrogens is 228 g/mol. The largest absolute Gasteiger partial charge is 0.493 e. The second-order valence-corrected chi connectivity index (χ2v) is 3.79. The van der Waals surface area contributed by atoms with Crippen molar-refractivity contribution in [3.8, 4) is 11.5 Å². The Labute approximate surface area is 100 Å². The number of ether oxygens (including phenoxy) is 2. The van der Waals surface area contributed by atoms with E-state index in [1.807, 2.05) is 19.1 Å². The monoisotopic (exact) mass is 242 g/mol. The Bertz CT molecular complexity index is 399. The molecule has 1 N–H and O–H groups in total. The van der Waals surface area contributed by atoms with Crippen LogP contribution in [0.1, 0.15) is 12.5 Å². The summed E-state index contributed by atoms with van der Waals surface area (Å²) < 4.78 is 10.3. The van der Waals surface area contributed by atoms with Crippen molar-refractivity contribution in [2.24, 2.45) is 0 Å². The first-order valence-corrected chi connectivity index (χ1v) is 5.19. The van der Waals surface area contributed by atoms with Crippen molar-refractivity contribution >= 4 is 17.7 Å². The molecule has 0 bridgehead atoms. The van der Waals surface area contributed by atoms with Gasteiger partial charge in [-0.25, -0.2) is 0 Å². The third-order valence-electron chi connectivity index (χ3n) is 2.12. The Hall–Kier alpha value is -1.19. The molecule has 0 unspecified atom stereocenters. The van der Waals surface area contributed by atoms with E-state index in [2.05, 4.69) is 0 Å². The Morgan fingerprint density at radius 3 is 2.56 bits per heavy atom. The van der Waals surface area contributed by atoms with Crippen molar-refractivity contribution in [2.75, 3.05) is 20.8 Å². The number of hydrogen-bond acceptors (Lipinski definition) is 3. The molecule has 0 aliphatic rings. The van der Waals surface area contributed by atoms with Crippen LogP contribution in [0.2, 0.25) is 5.02 Å². The van der Waals surface area contributed by atoms with Crippen LogP contribution in [0.4, 0.5) is 0 Å². The molecule has 0 saturated heterocycles. The predicted molar refractivity (Wildman–Crippen MR) is 65.3 cm³/mol. The first-order chi connectivity index (χ1) is 7.62. The molecule has 0 aromatic heterocycles. The molecule has 0 heterocycles. The molecule has 0 atom stereocenters. The third kappa shape index (κ3) is 2.90. The van der Waals surface area contributed by atoms with Gasteiger partial charge in [0.2, 0.25) is 0 Å². The average Bonchev–Trinajstić information content (AvgIpc) is 2.28. The van der Waals surface area contributed by atoms with E-state index in [0.717, 1.165) is 11.1 Å². The minimum Gasteiger partial charge on any atom is -0.493 e. The van der Waals surface area contributed by atoms with Crippen LogP contribution in [0.5, 0.6) is 11.5 Å². The Kier molecular flexibility index (Phi) is 4.65. The van der Waals surface area contributed by atoms with Gasteiger partial charge in [0, 0.05) is 0 Å². The fourth-order valence-electron chi connectivity index (χ4n) is 1.35. The summed E-state index contributed by atoms with van der Waals surface area (Å²) in [5, 5.41) is 9.42. The minimum atomic E-state index is 0.0198. The lowest BCUT2D eigenvalue weighted by molar-refractivity contribution is 0.332. The molecule has 3 nitrogen and oxygen atoms in total. The zero-order chi connectivity index (χ0) is 12.1. The van der Waals surface area contributed by atoms with Crippen LogP contribution in [-0.2, 0) is 0 Å². The highest BCUT2D eigenvalue weighted by molar-refractivity contribution is 6.32. The van der Waals surface area contributed by atoms with E-state index in [1.54, 1.807) is 13.2 Å². The zero-order valence-corrected chi connectivity index (χ0v) is 10.3. The first kappa shape index (κ1) is 12.9. The van der Waals surface area contributed by atoms with Gasteiger partial charge in [0.25, 0.3) is 0 Å². The summed E-state index contributed by atoms with van der Waals surface area (Å²) in [4.78, 5) is 0. The number of methoxy groups -OCH3 is 2. The summed E-state index contributed by atoms with van der Waals surface area (Å²) in [6.07, 6.45) is 1.84. The maximum Gasteiger partial charge on any atom is 0.179 e. The van der Waals surface area contributed by atoms with Gasteiger partial charge in [0.05, 0.1) is 25.8 Å². The number of aliphatic hydroxyl groups excluding tert-OH is 1. The third-order valence-corrected chi connectivity index (χ3v) is 2.40. The van der Waals surface area contributed by atoms with E-state index in [0.29, 0.717) is 16.5 Å². The Morgan fingerprint density at radius 2 is 2.06 bits per heavy atom. The molecule has 0 aliphatic heterocycles. The quantitative estimate of drug-likeness (QED) is 0.883. The topological polar surface area (TPSA) is 38.7 Å². The van der Waals surface area contributed by atoms with Crippen molar-refractivity contribution < 1.29 is 14.6 Å². The SMILES string of the molecule is COc1cc(C=C(C)CO)cc(Cl)c1OC.